The number of hydrogen-bond acceptors (Lipinski definition) is 3. The van der Waals surface area contributed by atoms with Gasteiger partial charge >= 0.3 is 0 Å². The molecular formula is C13H28N2O. The number of aliphatic hydroxyl groups excluding tert-OH is 1. The van der Waals surface area contributed by atoms with Crippen LogP contribution in [-0.2, 0) is 0 Å². The van der Waals surface area contributed by atoms with E-state index in [1.165, 1.54) is 32.2 Å². The normalized spacial score (nSPS) is 24.6. The third kappa shape index (κ3) is 4.81. The maximum absolute atomic E-state index is 9.12. The number of nitrogens with zero attached hydrogens (tertiary/aromatic N) is 1. The Kier molecular flexibility index (Phi) is 7.01. The van der Waals surface area contributed by atoms with Crippen LogP contribution < -0.4 is 5.32 Å². The first-order valence-electron chi connectivity index (χ1n) is 6.83. The molecule has 0 bridgehead atoms. The Morgan fingerprint density at radius 2 is 2.25 bits per heavy atom. The maximum Gasteiger partial charge on any atom is 0.0468 e. The summed E-state index contributed by atoms with van der Waals surface area (Å²) in [4.78, 5) is 2.56. The summed E-state index contributed by atoms with van der Waals surface area (Å²) in [6.07, 6.45) is 5.21. The number of piperidine rings is 1. The Labute approximate surface area is 100 Å². The molecule has 0 radical (unpaired) electrons. The van der Waals surface area contributed by atoms with E-state index in [0.717, 1.165) is 19.6 Å². The molecule has 0 spiro atoms. The molecule has 96 valence electrons. The minimum absolute atomic E-state index is 0.311. The molecule has 0 aromatic heterocycles. The summed E-state index contributed by atoms with van der Waals surface area (Å²) < 4.78 is 0. The van der Waals surface area contributed by atoms with Crippen molar-refractivity contribution in [3.63, 3.8) is 0 Å². The summed E-state index contributed by atoms with van der Waals surface area (Å²) in [5.74, 6) is 0.409. The molecule has 3 heteroatoms. The fourth-order valence-corrected chi connectivity index (χ4v) is 2.44. The molecule has 2 atom stereocenters. The first-order valence-corrected chi connectivity index (χ1v) is 6.83. The van der Waals surface area contributed by atoms with Crippen LogP contribution in [0.1, 0.15) is 39.5 Å². The van der Waals surface area contributed by atoms with E-state index in [1.54, 1.807) is 0 Å². The molecule has 0 saturated carbocycles. The average molecular weight is 228 g/mol. The molecule has 3 nitrogen and oxygen atoms in total. The first-order chi connectivity index (χ1) is 7.77. The second-order valence-corrected chi connectivity index (χ2v) is 5.14. The maximum atomic E-state index is 9.12. The molecule has 1 aliphatic heterocycles. The first kappa shape index (κ1) is 13.9. The van der Waals surface area contributed by atoms with Gasteiger partial charge in [0.05, 0.1) is 0 Å². The highest BCUT2D eigenvalue weighted by Gasteiger charge is 2.22. The molecule has 0 aromatic carbocycles. The fraction of sp³-hybridized carbons (Fsp3) is 1.00. The number of rotatable bonds is 7. The SMILES string of the molecule is CCCNCC1CCCCN1CC(C)CO. The standard InChI is InChI=1S/C13H28N2O/c1-3-7-14-9-13-6-4-5-8-15(13)10-12(2)11-16/h12-14,16H,3-11H2,1-2H3. The summed E-state index contributed by atoms with van der Waals surface area (Å²) in [6, 6.07) is 0.689. The fourth-order valence-electron chi connectivity index (χ4n) is 2.44. The molecule has 1 aliphatic rings. The summed E-state index contributed by atoms with van der Waals surface area (Å²) in [5, 5.41) is 12.6. The van der Waals surface area contributed by atoms with Crippen molar-refractivity contribution in [1.82, 2.24) is 10.2 Å². The zero-order chi connectivity index (χ0) is 11.8. The van der Waals surface area contributed by atoms with Crippen LogP contribution in [0.4, 0.5) is 0 Å². The van der Waals surface area contributed by atoms with Crippen molar-refractivity contribution in [3.8, 4) is 0 Å². The highest BCUT2D eigenvalue weighted by atomic mass is 16.3. The number of likely N-dealkylation sites (tertiary alicyclic amines) is 1. The monoisotopic (exact) mass is 228 g/mol. The van der Waals surface area contributed by atoms with Gasteiger partial charge in [-0.1, -0.05) is 20.3 Å². The van der Waals surface area contributed by atoms with E-state index in [4.69, 9.17) is 5.11 Å². The Balaban J connectivity index is 2.31. The Bertz CT molecular complexity index is 175. The van der Waals surface area contributed by atoms with E-state index in [9.17, 15) is 0 Å². The molecule has 1 fully saturated rings. The van der Waals surface area contributed by atoms with Gasteiger partial charge in [-0.15, -0.1) is 0 Å². The number of aliphatic hydroxyl groups is 1. The van der Waals surface area contributed by atoms with Crippen molar-refractivity contribution in [1.29, 1.82) is 0 Å². The zero-order valence-corrected chi connectivity index (χ0v) is 10.9. The topological polar surface area (TPSA) is 35.5 Å². The van der Waals surface area contributed by atoms with Crippen molar-refractivity contribution in [3.05, 3.63) is 0 Å². The molecule has 2 N–H and O–H groups in total. The van der Waals surface area contributed by atoms with Crippen LogP contribution in [-0.4, -0.2) is 48.8 Å². The van der Waals surface area contributed by atoms with Crippen molar-refractivity contribution >= 4 is 0 Å². The Morgan fingerprint density at radius 1 is 1.44 bits per heavy atom. The Morgan fingerprint density at radius 3 is 2.94 bits per heavy atom. The van der Waals surface area contributed by atoms with Crippen LogP contribution in [0.2, 0.25) is 0 Å². The summed E-state index contributed by atoms with van der Waals surface area (Å²) in [7, 11) is 0. The van der Waals surface area contributed by atoms with Gasteiger partial charge in [0.1, 0.15) is 0 Å². The molecular weight excluding hydrogens is 200 g/mol. The molecule has 1 heterocycles. The minimum atomic E-state index is 0.311. The van der Waals surface area contributed by atoms with Crippen molar-refractivity contribution in [2.45, 2.75) is 45.6 Å². The van der Waals surface area contributed by atoms with Gasteiger partial charge in [0.2, 0.25) is 0 Å². The van der Waals surface area contributed by atoms with Crippen LogP contribution in [0.15, 0.2) is 0 Å². The molecule has 16 heavy (non-hydrogen) atoms. The highest BCUT2D eigenvalue weighted by molar-refractivity contribution is 4.79. The van der Waals surface area contributed by atoms with Crippen LogP contribution >= 0.6 is 0 Å². The summed E-state index contributed by atoms with van der Waals surface area (Å²) in [6.45, 7) is 9.15. The van der Waals surface area contributed by atoms with Crippen LogP contribution in [0.3, 0.4) is 0 Å². The number of hydrogen-bond donors (Lipinski definition) is 2. The van der Waals surface area contributed by atoms with E-state index >= 15 is 0 Å². The molecule has 0 aliphatic carbocycles. The second-order valence-electron chi connectivity index (χ2n) is 5.14. The quantitative estimate of drug-likeness (QED) is 0.648. The minimum Gasteiger partial charge on any atom is -0.396 e. The lowest BCUT2D eigenvalue weighted by Crippen LogP contribution is -2.47. The molecule has 2 unspecified atom stereocenters. The lowest BCUT2D eigenvalue weighted by atomic mass is 10.00. The second kappa shape index (κ2) is 8.04. The highest BCUT2D eigenvalue weighted by Crippen LogP contribution is 2.17. The van der Waals surface area contributed by atoms with E-state index in [2.05, 4.69) is 24.1 Å². The third-order valence-electron chi connectivity index (χ3n) is 3.41. The van der Waals surface area contributed by atoms with Crippen LogP contribution in [0, 0.1) is 5.92 Å². The summed E-state index contributed by atoms with van der Waals surface area (Å²) >= 11 is 0. The number of nitrogens with one attached hydrogen (secondary N) is 1. The average Bonchev–Trinajstić information content (AvgIpc) is 2.31. The van der Waals surface area contributed by atoms with Crippen LogP contribution in [0.5, 0.6) is 0 Å². The van der Waals surface area contributed by atoms with Crippen molar-refractivity contribution in [2.75, 3.05) is 32.8 Å². The third-order valence-corrected chi connectivity index (χ3v) is 3.41. The van der Waals surface area contributed by atoms with E-state index < -0.39 is 0 Å². The van der Waals surface area contributed by atoms with Gasteiger partial charge in [-0.2, -0.15) is 0 Å². The van der Waals surface area contributed by atoms with Gasteiger partial charge in [0.15, 0.2) is 0 Å². The van der Waals surface area contributed by atoms with Crippen molar-refractivity contribution < 1.29 is 5.11 Å². The largest absolute Gasteiger partial charge is 0.396 e. The van der Waals surface area contributed by atoms with E-state index in [-0.39, 0.29) is 0 Å². The molecule has 0 amide bonds. The predicted octanol–water partition coefficient (Wildman–Crippen LogP) is 1.47. The van der Waals surface area contributed by atoms with E-state index in [0.29, 0.717) is 18.6 Å². The lowest BCUT2D eigenvalue weighted by molar-refractivity contribution is 0.106. The summed E-state index contributed by atoms with van der Waals surface area (Å²) in [5.41, 5.74) is 0. The smallest absolute Gasteiger partial charge is 0.0468 e. The van der Waals surface area contributed by atoms with E-state index in [1.807, 2.05) is 0 Å². The van der Waals surface area contributed by atoms with Gasteiger partial charge in [0, 0.05) is 25.7 Å². The van der Waals surface area contributed by atoms with Gasteiger partial charge in [-0.05, 0) is 38.3 Å². The predicted molar refractivity (Wildman–Crippen MR) is 68.6 cm³/mol. The Hall–Kier alpha value is -0.120. The van der Waals surface area contributed by atoms with Gasteiger partial charge in [-0.3, -0.25) is 4.90 Å². The van der Waals surface area contributed by atoms with Gasteiger partial charge in [-0.25, -0.2) is 0 Å². The van der Waals surface area contributed by atoms with Crippen molar-refractivity contribution in [2.24, 2.45) is 5.92 Å². The lowest BCUT2D eigenvalue weighted by Gasteiger charge is -2.37. The molecule has 1 saturated heterocycles. The van der Waals surface area contributed by atoms with Gasteiger partial charge < -0.3 is 10.4 Å². The molecule has 0 aromatic rings. The van der Waals surface area contributed by atoms with Gasteiger partial charge in [0.25, 0.3) is 0 Å². The van der Waals surface area contributed by atoms with Crippen LogP contribution in [0.25, 0.3) is 0 Å². The zero-order valence-electron chi connectivity index (χ0n) is 10.9. The molecule has 1 rings (SSSR count).